The van der Waals surface area contributed by atoms with E-state index in [1.165, 1.54) is 0 Å². The van der Waals surface area contributed by atoms with Gasteiger partial charge in [-0.3, -0.25) is 4.79 Å². The van der Waals surface area contributed by atoms with Gasteiger partial charge in [0.15, 0.2) is 0 Å². The van der Waals surface area contributed by atoms with E-state index in [9.17, 15) is 4.79 Å². The summed E-state index contributed by atoms with van der Waals surface area (Å²) in [5, 5.41) is 0. The van der Waals surface area contributed by atoms with Crippen molar-refractivity contribution in [2.75, 3.05) is 13.1 Å². The second-order valence-electron chi connectivity index (χ2n) is 5.99. The maximum absolute atomic E-state index is 12.2. The predicted molar refractivity (Wildman–Crippen MR) is 79.2 cm³/mol. The highest BCUT2D eigenvalue weighted by atomic mass is 79.9. The van der Waals surface area contributed by atoms with E-state index in [0.717, 1.165) is 23.2 Å². The number of hydrogen-bond donors (Lipinski definition) is 0. The van der Waals surface area contributed by atoms with E-state index < -0.39 is 0 Å². The van der Waals surface area contributed by atoms with Gasteiger partial charge in [-0.2, -0.15) is 0 Å². The van der Waals surface area contributed by atoms with Crippen molar-refractivity contribution in [1.29, 1.82) is 0 Å². The van der Waals surface area contributed by atoms with Crippen molar-refractivity contribution in [1.82, 2.24) is 4.90 Å². The van der Waals surface area contributed by atoms with E-state index in [1.807, 2.05) is 49.9 Å². The zero-order chi connectivity index (χ0) is 14.0. The van der Waals surface area contributed by atoms with Gasteiger partial charge in [-0.15, -0.1) is 0 Å². The Kier molecular flexibility index (Phi) is 4.19. The van der Waals surface area contributed by atoms with Crippen molar-refractivity contribution in [3.05, 3.63) is 28.7 Å². The number of benzene rings is 1. The molecule has 0 aromatic heterocycles. The van der Waals surface area contributed by atoms with Crippen LogP contribution in [0.2, 0.25) is 0 Å². The van der Waals surface area contributed by atoms with Crippen LogP contribution in [0.3, 0.4) is 0 Å². The molecule has 0 radical (unpaired) electrons. The van der Waals surface area contributed by atoms with Crippen molar-refractivity contribution in [3.63, 3.8) is 0 Å². The third-order valence-corrected chi connectivity index (χ3v) is 3.67. The Hall–Kier alpha value is -1.03. The Morgan fingerprint density at radius 2 is 2.16 bits per heavy atom. The number of ether oxygens (including phenoxy) is 1. The molecule has 1 saturated heterocycles. The Balaban J connectivity index is 1.94. The minimum Gasteiger partial charge on any atom is -0.488 e. The van der Waals surface area contributed by atoms with Gasteiger partial charge in [0.05, 0.1) is 6.54 Å². The fourth-order valence-corrected chi connectivity index (χ4v) is 2.59. The van der Waals surface area contributed by atoms with Crippen molar-refractivity contribution >= 4 is 21.8 Å². The second-order valence-corrected chi connectivity index (χ2v) is 6.90. The van der Waals surface area contributed by atoms with Gasteiger partial charge >= 0.3 is 0 Å². The van der Waals surface area contributed by atoms with Crippen LogP contribution in [0.1, 0.15) is 27.2 Å². The summed E-state index contributed by atoms with van der Waals surface area (Å²) in [7, 11) is 0. The smallest absolute Gasteiger partial charge is 0.228 e. The van der Waals surface area contributed by atoms with E-state index in [1.54, 1.807) is 0 Å². The Labute approximate surface area is 123 Å². The predicted octanol–water partition coefficient (Wildman–Crippen LogP) is 3.47. The Morgan fingerprint density at radius 1 is 1.42 bits per heavy atom. The Bertz CT molecular complexity index is 467. The molecule has 1 aliphatic rings. The lowest BCUT2D eigenvalue weighted by Gasteiger charge is -2.25. The summed E-state index contributed by atoms with van der Waals surface area (Å²) >= 11 is 3.43. The van der Waals surface area contributed by atoms with Gasteiger partial charge < -0.3 is 9.64 Å². The molecule has 0 bridgehead atoms. The number of carbonyl (C=O) groups is 1. The third-order valence-electron chi connectivity index (χ3n) is 3.17. The molecule has 1 aliphatic heterocycles. The first-order valence-electron chi connectivity index (χ1n) is 6.58. The van der Waals surface area contributed by atoms with Crippen LogP contribution in [0.25, 0.3) is 0 Å². The molecule has 0 spiro atoms. The van der Waals surface area contributed by atoms with E-state index >= 15 is 0 Å². The highest BCUT2D eigenvalue weighted by Gasteiger charge is 2.33. The summed E-state index contributed by atoms with van der Waals surface area (Å²) < 4.78 is 6.93. The number of halogens is 1. The van der Waals surface area contributed by atoms with Crippen LogP contribution < -0.4 is 4.74 Å². The zero-order valence-corrected chi connectivity index (χ0v) is 13.2. The fourth-order valence-electron chi connectivity index (χ4n) is 2.22. The molecule has 0 saturated carbocycles. The summed E-state index contributed by atoms with van der Waals surface area (Å²) in [4.78, 5) is 14.1. The summed E-state index contributed by atoms with van der Waals surface area (Å²) in [6, 6.07) is 7.82. The van der Waals surface area contributed by atoms with Gasteiger partial charge in [-0.05, 0) is 18.2 Å². The molecule has 4 heteroatoms. The van der Waals surface area contributed by atoms with E-state index in [2.05, 4.69) is 15.9 Å². The van der Waals surface area contributed by atoms with Gasteiger partial charge in [0.25, 0.3) is 0 Å². The standard InChI is InChI=1S/C15H20BrNO2/c1-15(2,3)14(18)17-8-7-13(10-17)19-12-6-4-5-11(16)9-12/h4-6,9,13H,7-8,10H2,1-3H3. The molecule has 1 heterocycles. The highest BCUT2D eigenvalue weighted by Crippen LogP contribution is 2.25. The first-order valence-corrected chi connectivity index (χ1v) is 7.37. The minimum atomic E-state index is -0.315. The third kappa shape index (κ3) is 3.72. The molecule has 1 unspecified atom stereocenters. The molecular weight excluding hydrogens is 306 g/mol. The minimum absolute atomic E-state index is 0.0978. The SMILES string of the molecule is CC(C)(C)C(=O)N1CCC(Oc2cccc(Br)c2)C1. The van der Waals surface area contributed by atoms with Crippen LogP contribution >= 0.6 is 15.9 Å². The summed E-state index contributed by atoms with van der Waals surface area (Å²) in [6.45, 7) is 7.34. The monoisotopic (exact) mass is 325 g/mol. The van der Waals surface area contributed by atoms with E-state index in [-0.39, 0.29) is 17.4 Å². The lowest BCUT2D eigenvalue weighted by Crippen LogP contribution is -2.38. The molecule has 0 aliphatic carbocycles. The summed E-state index contributed by atoms with van der Waals surface area (Å²) in [5.74, 6) is 1.05. The fraction of sp³-hybridized carbons (Fsp3) is 0.533. The van der Waals surface area contributed by atoms with Crippen LogP contribution in [0.15, 0.2) is 28.7 Å². The van der Waals surface area contributed by atoms with Gasteiger partial charge in [0, 0.05) is 22.9 Å². The van der Waals surface area contributed by atoms with Gasteiger partial charge in [-0.25, -0.2) is 0 Å². The van der Waals surface area contributed by atoms with Crippen LogP contribution in [0, 0.1) is 5.41 Å². The molecule has 3 nitrogen and oxygen atoms in total. The molecule has 19 heavy (non-hydrogen) atoms. The maximum Gasteiger partial charge on any atom is 0.228 e. The molecular formula is C15H20BrNO2. The van der Waals surface area contributed by atoms with Crippen molar-refractivity contribution in [2.45, 2.75) is 33.3 Å². The van der Waals surface area contributed by atoms with Gasteiger partial charge in [-0.1, -0.05) is 42.8 Å². The van der Waals surface area contributed by atoms with Crippen molar-refractivity contribution < 1.29 is 9.53 Å². The Morgan fingerprint density at radius 3 is 2.79 bits per heavy atom. The molecule has 2 rings (SSSR count). The largest absolute Gasteiger partial charge is 0.488 e. The maximum atomic E-state index is 12.2. The number of likely N-dealkylation sites (tertiary alicyclic amines) is 1. The van der Waals surface area contributed by atoms with Gasteiger partial charge in [0.1, 0.15) is 11.9 Å². The quantitative estimate of drug-likeness (QED) is 0.833. The number of carbonyl (C=O) groups excluding carboxylic acids is 1. The molecule has 1 amide bonds. The van der Waals surface area contributed by atoms with Gasteiger partial charge in [0.2, 0.25) is 5.91 Å². The first kappa shape index (κ1) is 14.4. The lowest BCUT2D eigenvalue weighted by molar-refractivity contribution is -0.138. The lowest BCUT2D eigenvalue weighted by atomic mass is 9.95. The van der Waals surface area contributed by atoms with Crippen molar-refractivity contribution in [2.24, 2.45) is 5.41 Å². The highest BCUT2D eigenvalue weighted by molar-refractivity contribution is 9.10. The molecule has 1 atom stereocenters. The molecule has 104 valence electrons. The molecule has 1 aromatic carbocycles. The molecule has 0 N–H and O–H groups in total. The number of hydrogen-bond acceptors (Lipinski definition) is 2. The average molecular weight is 326 g/mol. The number of rotatable bonds is 2. The van der Waals surface area contributed by atoms with E-state index in [0.29, 0.717) is 6.54 Å². The molecule has 1 fully saturated rings. The van der Waals surface area contributed by atoms with Crippen LogP contribution in [-0.2, 0) is 4.79 Å². The molecule has 1 aromatic rings. The number of nitrogens with zero attached hydrogens (tertiary/aromatic N) is 1. The normalized spacial score (nSPS) is 19.6. The van der Waals surface area contributed by atoms with E-state index in [4.69, 9.17) is 4.74 Å². The average Bonchev–Trinajstić information content (AvgIpc) is 2.75. The first-order chi connectivity index (χ1) is 8.86. The second kappa shape index (κ2) is 5.53. The number of amides is 1. The van der Waals surface area contributed by atoms with Crippen LogP contribution in [0.4, 0.5) is 0 Å². The topological polar surface area (TPSA) is 29.5 Å². The van der Waals surface area contributed by atoms with Crippen LogP contribution in [0.5, 0.6) is 5.75 Å². The zero-order valence-electron chi connectivity index (χ0n) is 11.6. The summed E-state index contributed by atoms with van der Waals surface area (Å²) in [6.07, 6.45) is 0.995. The van der Waals surface area contributed by atoms with Crippen molar-refractivity contribution in [3.8, 4) is 5.75 Å². The summed E-state index contributed by atoms with van der Waals surface area (Å²) in [5.41, 5.74) is -0.315. The van der Waals surface area contributed by atoms with Crippen LogP contribution in [-0.4, -0.2) is 30.0 Å².